The Morgan fingerprint density at radius 2 is 2.05 bits per heavy atom. The lowest BCUT2D eigenvalue weighted by molar-refractivity contribution is -0.385. The molecule has 0 atom stereocenters. The second-order valence-corrected chi connectivity index (χ2v) is 4.20. The first kappa shape index (κ1) is 17.2. The number of nitrogens with zero attached hydrogens (tertiary/aromatic N) is 1. The average molecular weight is 305 g/mol. The minimum absolute atomic E-state index is 0.0668. The maximum atomic E-state index is 11.7. The molecule has 7 heteroatoms. The molecule has 1 rings (SSSR count). The van der Waals surface area contributed by atoms with Crippen molar-refractivity contribution >= 4 is 17.6 Å². The quantitative estimate of drug-likeness (QED) is 0.365. The maximum Gasteiger partial charge on any atom is 0.338 e. The number of nitro benzene ring substituents is 1. The largest absolute Gasteiger partial charge is 0.465 e. The van der Waals surface area contributed by atoms with Crippen LogP contribution in [0, 0.1) is 28.9 Å². The molecule has 22 heavy (non-hydrogen) atoms. The number of ether oxygens (including phenoxy) is 2. The number of nitro groups is 1. The number of benzene rings is 1. The van der Waals surface area contributed by atoms with Crippen LogP contribution in [0.4, 0.5) is 5.69 Å². The fraction of sp³-hybridized carbons (Fsp3) is 0.333. The molecule has 0 unspecified atom stereocenters. The van der Waals surface area contributed by atoms with E-state index >= 15 is 0 Å². The summed E-state index contributed by atoms with van der Waals surface area (Å²) in [5.74, 6) is 4.00. The van der Waals surface area contributed by atoms with E-state index in [2.05, 4.69) is 16.6 Å². The van der Waals surface area contributed by atoms with Gasteiger partial charge in [-0.05, 0) is 19.9 Å². The van der Waals surface area contributed by atoms with Crippen molar-refractivity contribution in [1.29, 1.82) is 0 Å². The first-order valence-electron chi connectivity index (χ1n) is 6.42. The van der Waals surface area contributed by atoms with Gasteiger partial charge in [0, 0.05) is 17.2 Å². The number of esters is 2. The lowest BCUT2D eigenvalue weighted by Crippen LogP contribution is -2.07. The number of carbonyl (C=O) groups is 2. The van der Waals surface area contributed by atoms with Gasteiger partial charge < -0.3 is 9.47 Å². The van der Waals surface area contributed by atoms with Gasteiger partial charge in [-0.25, -0.2) is 4.79 Å². The van der Waals surface area contributed by atoms with E-state index in [9.17, 15) is 19.7 Å². The molecule has 7 nitrogen and oxygen atoms in total. The molecule has 0 aliphatic rings. The summed E-state index contributed by atoms with van der Waals surface area (Å²) in [6, 6.07) is 2.65. The van der Waals surface area contributed by atoms with Crippen LogP contribution in [0.5, 0.6) is 0 Å². The Morgan fingerprint density at radius 3 is 2.59 bits per heavy atom. The van der Waals surface area contributed by atoms with Crippen LogP contribution in [0.25, 0.3) is 0 Å². The van der Waals surface area contributed by atoms with E-state index in [-0.39, 0.29) is 35.4 Å². The fourth-order valence-electron chi connectivity index (χ4n) is 1.71. The lowest BCUT2D eigenvalue weighted by atomic mass is 10.0. The molecule has 0 heterocycles. The van der Waals surface area contributed by atoms with E-state index in [0.29, 0.717) is 0 Å². The summed E-state index contributed by atoms with van der Waals surface area (Å²) >= 11 is 0. The van der Waals surface area contributed by atoms with Crippen LogP contribution in [0.3, 0.4) is 0 Å². The molecule has 0 aromatic heterocycles. The summed E-state index contributed by atoms with van der Waals surface area (Å²) in [4.78, 5) is 33.3. The number of hydrogen-bond acceptors (Lipinski definition) is 6. The highest BCUT2D eigenvalue weighted by Gasteiger charge is 2.20. The SMILES string of the molecule is CCOC(=O)CC#Cc1cc(C(=O)OC)c(C)c([N+](=O)[O-])c1. The second-order valence-electron chi connectivity index (χ2n) is 4.20. The highest BCUT2D eigenvalue weighted by Crippen LogP contribution is 2.24. The van der Waals surface area contributed by atoms with Gasteiger partial charge in [0.15, 0.2) is 0 Å². The Labute approximate surface area is 127 Å². The predicted molar refractivity (Wildman–Crippen MR) is 77.3 cm³/mol. The number of rotatable bonds is 4. The van der Waals surface area contributed by atoms with Gasteiger partial charge in [-0.3, -0.25) is 14.9 Å². The normalized spacial score (nSPS) is 9.41. The molecule has 116 valence electrons. The molecular formula is C15H15NO6. The third kappa shape index (κ3) is 4.31. The second kappa shape index (κ2) is 7.78. The molecule has 0 saturated heterocycles. The summed E-state index contributed by atoms with van der Waals surface area (Å²) in [5.41, 5.74) is 0.287. The van der Waals surface area contributed by atoms with Gasteiger partial charge in [0.2, 0.25) is 0 Å². The molecular weight excluding hydrogens is 290 g/mol. The van der Waals surface area contributed by atoms with E-state index in [0.717, 1.165) is 0 Å². The van der Waals surface area contributed by atoms with Gasteiger partial charge in [-0.15, -0.1) is 0 Å². The Kier molecular flexibility index (Phi) is 6.08. The monoisotopic (exact) mass is 305 g/mol. The van der Waals surface area contributed by atoms with Gasteiger partial charge in [0.25, 0.3) is 5.69 Å². The number of methoxy groups -OCH3 is 1. The molecule has 0 fully saturated rings. The van der Waals surface area contributed by atoms with E-state index in [4.69, 9.17) is 4.74 Å². The Bertz CT molecular complexity index is 669. The maximum absolute atomic E-state index is 11.7. The molecule has 1 aromatic rings. The van der Waals surface area contributed by atoms with Gasteiger partial charge >= 0.3 is 11.9 Å². The smallest absolute Gasteiger partial charge is 0.338 e. The standard InChI is InChI=1S/C15H15NO6/c1-4-22-14(17)7-5-6-11-8-12(15(18)21-3)10(2)13(9-11)16(19)20/h8-9H,4,7H2,1-3H3. The van der Waals surface area contributed by atoms with Crippen LogP contribution in [0.15, 0.2) is 12.1 Å². The Hall–Kier alpha value is -2.88. The van der Waals surface area contributed by atoms with Crippen LogP contribution in [0.1, 0.15) is 34.8 Å². The molecule has 0 saturated carbocycles. The molecule has 0 radical (unpaired) electrons. The fourth-order valence-corrected chi connectivity index (χ4v) is 1.71. The van der Waals surface area contributed by atoms with Crippen LogP contribution >= 0.6 is 0 Å². The lowest BCUT2D eigenvalue weighted by Gasteiger charge is -2.05. The van der Waals surface area contributed by atoms with Crippen molar-refractivity contribution in [2.45, 2.75) is 20.3 Å². The van der Waals surface area contributed by atoms with Gasteiger partial charge in [0.05, 0.1) is 24.2 Å². The molecule has 0 amide bonds. The minimum atomic E-state index is -0.686. The Balaban J connectivity index is 3.18. The van der Waals surface area contributed by atoms with Crippen LogP contribution < -0.4 is 0 Å². The molecule has 0 N–H and O–H groups in total. The zero-order chi connectivity index (χ0) is 16.7. The topological polar surface area (TPSA) is 95.7 Å². The molecule has 0 bridgehead atoms. The third-order valence-corrected chi connectivity index (χ3v) is 2.75. The minimum Gasteiger partial charge on any atom is -0.465 e. The zero-order valence-electron chi connectivity index (χ0n) is 12.5. The van der Waals surface area contributed by atoms with Crippen LogP contribution in [0.2, 0.25) is 0 Å². The highest BCUT2D eigenvalue weighted by atomic mass is 16.6. The highest BCUT2D eigenvalue weighted by molar-refractivity contribution is 5.92. The summed E-state index contributed by atoms with van der Waals surface area (Å²) in [7, 11) is 1.19. The van der Waals surface area contributed by atoms with Crippen LogP contribution in [-0.2, 0) is 14.3 Å². The van der Waals surface area contributed by atoms with Gasteiger partial charge in [-0.2, -0.15) is 0 Å². The van der Waals surface area contributed by atoms with Crippen molar-refractivity contribution in [3.05, 3.63) is 38.9 Å². The first-order chi connectivity index (χ1) is 10.4. The van der Waals surface area contributed by atoms with Crippen molar-refractivity contribution in [3.63, 3.8) is 0 Å². The molecule has 1 aromatic carbocycles. The summed E-state index contributed by atoms with van der Waals surface area (Å²) in [5, 5.41) is 11.0. The summed E-state index contributed by atoms with van der Waals surface area (Å²) in [6.45, 7) is 3.39. The zero-order valence-corrected chi connectivity index (χ0v) is 12.5. The van der Waals surface area contributed by atoms with E-state index in [1.165, 1.54) is 26.2 Å². The van der Waals surface area contributed by atoms with Crippen molar-refractivity contribution in [2.24, 2.45) is 0 Å². The van der Waals surface area contributed by atoms with E-state index < -0.39 is 16.9 Å². The van der Waals surface area contributed by atoms with Crippen molar-refractivity contribution < 1.29 is 24.0 Å². The Morgan fingerprint density at radius 1 is 1.36 bits per heavy atom. The van der Waals surface area contributed by atoms with Crippen LogP contribution in [-0.4, -0.2) is 30.6 Å². The summed E-state index contributed by atoms with van der Waals surface area (Å²) < 4.78 is 9.31. The third-order valence-electron chi connectivity index (χ3n) is 2.75. The van der Waals surface area contributed by atoms with Crippen molar-refractivity contribution in [3.8, 4) is 11.8 Å². The molecule has 0 spiro atoms. The number of carbonyl (C=O) groups excluding carboxylic acids is 2. The predicted octanol–water partition coefficient (Wildman–Crippen LogP) is 1.99. The van der Waals surface area contributed by atoms with E-state index in [1.54, 1.807) is 6.92 Å². The van der Waals surface area contributed by atoms with Gasteiger partial charge in [-0.1, -0.05) is 11.8 Å². The number of hydrogen-bond donors (Lipinski definition) is 0. The van der Waals surface area contributed by atoms with Crippen molar-refractivity contribution in [2.75, 3.05) is 13.7 Å². The van der Waals surface area contributed by atoms with Gasteiger partial charge in [0.1, 0.15) is 6.42 Å². The average Bonchev–Trinajstić information content (AvgIpc) is 2.47. The van der Waals surface area contributed by atoms with Crippen molar-refractivity contribution in [1.82, 2.24) is 0 Å². The van der Waals surface area contributed by atoms with E-state index in [1.807, 2.05) is 0 Å². The summed E-state index contributed by atoms with van der Waals surface area (Å²) in [6.07, 6.45) is -0.136. The first-order valence-corrected chi connectivity index (χ1v) is 6.42. The molecule has 0 aliphatic heterocycles. The molecule has 0 aliphatic carbocycles.